The quantitative estimate of drug-likeness (QED) is 0.743. The Labute approximate surface area is 151 Å². The Morgan fingerprint density at radius 1 is 1.15 bits per heavy atom. The predicted molar refractivity (Wildman–Crippen MR) is 95.4 cm³/mol. The third-order valence-electron chi connectivity index (χ3n) is 4.52. The summed E-state index contributed by atoms with van der Waals surface area (Å²) in [6.45, 7) is 0.678. The molecule has 0 bridgehead atoms. The molecule has 5 nitrogen and oxygen atoms in total. The van der Waals surface area contributed by atoms with Crippen LogP contribution >= 0.6 is 0 Å². The van der Waals surface area contributed by atoms with Crippen LogP contribution in [0, 0.1) is 5.82 Å². The molecule has 0 spiro atoms. The molecule has 2 aromatic carbocycles. The highest BCUT2D eigenvalue weighted by Crippen LogP contribution is 2.17. The van der Waals surface area contributed by atoms with Gasteiger partial charge in [-0.15, -0.1) is 0 Å². The van der Waals surface area contributed by atoms with Crippen LogP contribution in [0.2, 0.25) is 0 Å². The molecule has 0 heterocycles. The second kappa shape index (κ2) is 8.10. The smallest absolute Gasteiger partial charge is 0.339 e. The number of rotatable bonds is 7. The predicted octanol–water partition coefficient (Wildman–Crippen LogP) is 1.80. The van der Waals surface area contributed by atoms with Gasteiger partial charge in [0.1, 0.15) is 12.4 Å². The van der Waals surface area contributed by atoms with Crippen LogP contribution in [0.3, 0.4) is 0 Å². The maximum atomic E-state index is 13.9. The summed E-state index contributed by atoms with van der Waals surface area (Å²) in [5.41, 5.74) is 1.34. The molecule has 0 radical (unpaired) electrons. The fourth-order valence-electron chi connectivity index (χ4n) is 3.01. The number of carbonyl (C=O) groups excluding carboxylic acids is 2. The number of carbonyl (C=O) groups is 2. The van der Waals surface area contributed by atoms with Crippen molar-refractivity contribution in [3.63, 3.8) is 0 Å². The number of quaternary nitrogens is 1. The number of methoxy groups -OCH3 is 1. The van der Waals surface area contributed by atoms with Crippen molar-refractivity contribution in [2.45, 2.75) is 25.4 Å². The Morgan fingerprint density at radius 3 is 2.54 bits per heavy atom. The SMILES string of the molecule is COC(=O)c1ccccc1NC(=O)C[NH+](Cc1ccccc1F)C1CC1. The zero-order chi connectivity index (χ0) is 18.5. The molecular weight excluding hydrogens is 335 g/mol. The Balaban J connectivity index is 1.68. The molecule has 1 aliphatic rings. The molecule has 1 amide bonds. The topological polar surface area (TPSA) is 59.8 Å². The minimum Gasteiger partial charge on any atom is -0.465 e. The van der Waals surface area contributed by atoms with Crippen LogP contribution in [0.25, 0.3) is 0 Å². The molecule has 0 aliphatic heterocycles. The monoisotopic (exact) mass is 357 g/mol. The highest BCUT2D eigenvalue weighted by atomic mass is 19.1. The largest absolute Gasteiger partial charge is 0.465 e. The molecule has 26 heavy (non-hydrogen) atoms. The molecule has 0 aromatic heterocycles. The summed E-state index contributed by atoms with van der Waals surface area (Å²) in [6.07, 6.45) is 2.08. The first kappa shape index (κ1) is 18.1. The summed E-state index contributed by atoms with van der Waals surface area (Å²) in [5, 5.41) is 2.78. The van der Waals surface area contributed by atoms with E-state index in [9.17, 15) is 14.0 Å². The molecule has 1 atom stereocenters. The summed E-state index contributed by atoms with van der Waals surface area (Å²) < 4.78 is 18.7. The van der Waals surface area contributed by atoms with Crippen molar-refractivity contribution in [3.8, 4) is 0 Å². The molecule has 3 rings (SSSR count). The third-order valence-corrected chi connectivity index (χ3v) is 4.52. The fraction of sp³-hybridized carbons (Fsp3) is 0.300. The van der Waals surface area contributed by atoms with Crippen LogP contribution in [0.15, 0.2) is 48.5 Å². The van der Waals surface area contributed by atoms with Crippen molar-refractivity contribution in [3.05, 3.63) is 65.5 Å². The standard InChI is InChI=1S/C20H21FN2O3/c1-26-20(25)16-7-3-5-9-18(16)22-19(24)13-23(15-10-11-15)12-14-6-2-4-8-17(14)21/h2-9,15H,10-13H2,1H3,(H,22,24)/p+1. The van der Waals surface area contributed by atoms with Crippen molar-refractivity contribution in [2.24, 2.45) is 0 Å². The van der Waals surface area contributed by atoms with Crippen LogP contribution in [-0.4, -0.2) is 31.6 Å². The van der Waals surface area contributed by atoms with Gasteiger partial charge in [-0.2, -0.15) is 0 Å². The van der Waals surface area contributed by atoms with Crippen molar-refractivity contribution < 1.29 is 23.6 Å². The van der Waals surface area contributed by atoms with Crippen molar-refractivity contribution in [1.82, 2.24) is 0 Å². The minimum atomic E-state index is -0.501. The molecule has 1 unspecified atom stereocenters. The van der Waals surface area contributed by atoms with E-state index in [4.69, 9.17) is 4.74 Å². The lowest BCUT2D eigenvalue weighted by atomic mass is 10.1. The number of benzene rings is 2. The highest BCUT2D eigenvalue weighted by Gasteiger charge is 2.35. The maximum Gasteiger partial charge on any atom is 0.339 e. The Morgan fingerprint density at radius 2 is 1.85 bits per heavy atom. The van der Waals surface area contributed by atoms with Crippen LogP contribution in [-0.2, 0) is 16.1 Å². The van der Waals surface area contributed by atoms with Gasteiger partial charge in [-0.3, -0.25) is 4.79 Å². The van der Waals surface area contributed by atoms with E-state index >= 15 is 0 Å². The molecule has 1 fully saturated rings. The van der Waals surface area contributed by atoms with E-state index in [2.05, 4.69) is 5.32 Å². The van der Waals surface area contributed by atoms with Gasteiger partial charge in [0.05, 0.1) is 24.4 Å². The number of ether oxygens (including phenoxy) is 1. The summed E-state index contributed by atoms with van der Waals surface area (Å²) in [5.74, 6) is -0.958. The first-order valence-corrected chi connectivity index (χ1v) is 8.63. The lowest BCUT2D eigenvalue weighted by molar-refractivity contribution is -0.917. The van der Waals surface area contributed by atoms with Gasteiger partial charge in [0.15, 0.2) is 6.54 Å². The summed E-state index contributed by atoms with van der Waals surface area (Å²) >= 11 is 0. The average molecular weight is 357 g/mol. The van der Waals surface area contributed by atoms with Crippen molar-refractivity contribution in [1.29, 1.82) is 0 Å². The number of hydrogen-bond donors (Lipinski definition) is 2. The van der Waals surface area contributed by atoms with E-state index in [1.807, 2.05) is 0 Å². The molecular formula is C20H22FN2O3+. The van der Waals surface area contributed by atoms with Crippen molar-refractivity contribution >= 4 is 17.6 Å². The molecule has 2 N–H and O–H groups in total. The van der Waals surface area contributed by atoms with Gasteiger partial charge >= 0.3 is 5.97 Å². The molecule has 6 heteroatoms. The molecule has 1 aliphatic carbocycles. The van der Waals surface area contributed by atoms with E-state index in [1.54, 1.807) is 42.5 Å². The molecule has 136 valence electrons. The average Bonchev–Trinajstić information content (AvgIpc) is 3.48. The second-order valence-corrected chi connectivity index (χ2v) is 6.46. The number of amides is 1. The fourth-order valence-corrected chi connectivity index (χ4v) is 3.01. The van der Waals surface area contributed by atoms with Gasteiger partial charge in [0.25, 0.3) is 5.91 Å². The number of esters is 1. The summed E-state index contributed by atoms with van der Waals surface area (Å²) in [6, 6.07) is 13.7. The zero-order valence-electron chi connectivity index (χ0n) is 14.6. The lowest BCUT2D eigenvalue weighted by Gasteiger charge is -2.19. The number of para-hydroxylation sites is 1. The minimum absolute atomic E-state index is 0.209. The number of hydrogen-bond acceptors (Lipinski definition) is 3. The van der Waals surface area contributed by atoms with Crippen LogP contribution in [0.4, 0.5) is 10.1 Å². The first-order valence-electron chi connectivity index (χ1n) is 8.63. The maximum absolute atomic E-state index is 13.9. The lowest BCUT2D eigenvalue weighted by Crippen LogP contribution is -3.13. The van der Waals surface area contributed by atoms with Gasteiger partial charge in [-0.25, -0.2) is 9.18 Å². The number of anilines is 1. The summed E-state index contributed by atoms with van der Waals surface area (Å²) in [7, 11) is 1.30. The number of nitrogens with one attached hydrogen (secondary N) is 2. The molecule has 0 saturated heterocycles. The molecule has 2 aromatic rings. The number of halogens is 1. The third kappa shape index (κ3) is 4.46. The Bertz CT molecular complexity index is 805. The van der Waals surface area contributed by atoms with Crippen LogP contribution in [0.5, 0.6) is 0 Å². The Kier molecular flexibility index (Phi) is 5.63. The van der Waals surface area contributed by atoms with Gasteiger partial charge < -0.3 is 15.0 Å². The van der Waals surface area contributed by atoms with E-state index in [1.165, 1.54) is 13.2 Å². The van der Waals surface area contributed by atoms with Gasteiger partial charge in [-0.05, 0) is 18.2 Å². The van der Waals surface area contributed by atoms with E-state index < -0.39 is 5.97 Å². The van der Waals surface area contributed by atoms with E-state index in [-0.39, 0.29) is 18.3 Å². The molecule has 1 saturated carbocycles. The normalized spacial score (nSPS) is 14.5. The zero-order valence-corrected chi connectivity index (χ0v) is 14.6. The van der Waals surface area contributed by atoms with Gasteiger partial charge in [0, 0.05) is 18.4 Å². The van der Waals surface area contributed by atoms with E-state index in [0.717, 1.165) is 17.7 Å². The first-order chi connectivity index (χ1) is 12.6. The summed E-state index contributed by atoms with van der Waals surface area (Å²) in [4.78, 5) is 25.4. The van der Waals surface area contributed by atoms with Crippen molar-refractivity contribution in [2.75, 3.05) is 19.0 Å². The Hall–Kier alpha value is -2.73. The van der Waals surface area contributed by atoms with E-state index in [0.29, 0.717) is 29.4 Å². The van der Waals surface area contributed by atoms with Crippen LogP contribution in [0.1, 0.15) is 28.8 Å². The van der Waals surface area contributed by atoms with Crippen LogP contribution < -0.4 is 10.2 Å². The highest BCUT2D eigenvalue weighted by molar-refractivity contribution is 6.01. The second-order valence-electron chi connectivity index (χ2n) is 6.46. The van der Waals surface area contributed by atoms with Gasteiger partial charge in [-0.1, -0.05) is 30.3 Å². The van der Waals surface area contributed by atoms with Gasteiger partial charge in [0.2, 0.25) is 0 Å².